The Hall–Kier alpha value is -3.46. The van der Waals surface area contributed by atoms with Crippen molar-refractivity contribution in [1.82, 2.24) is 9.55 Å². The maximum absolute atomic E-state index is 12.8. The third kappa shape index (κ3) is 3.16. The largest absolute Gasteiger partial charge is 0.293 e. The number of aryl methyl sites for hydroxylation is 2. The maximum Gasteiger partial charge on any atom is 0.178 e. The van der Waals surface area contributed by atoms with Crippen molar-refractivity contribution in [3.05, 3.63) is 95.7 Å². The molecule has 0 aliphatic rings. The van der Waals surface area contributed by atoms with Crippen molar-refractivity contribution < 1.29 is 4.79 Å². The second-order valence-corrected chi connectivity index (χ2v) is 7.02. The molecule has 0 aliphatic heterocycles. The van der Waals surface area contributed by atoms with E-state index in [1.807, 2.05) is 71.3 Å². The molecular weight excluding hydrogens is 344 g/mol. The number of hydrogen-bond donors (Lipinski definition) is 0. The van der Waals surface area contributed by atoms with Gasteiger partial charge in [0.05, 0.1) is 0 Å². The number of carbonyl (C=O) groups excluding carboxylic acids is 1. The molecule has 3 nitrogen and oxygen atoms in total. The lowest BCUT2D eigenvalue weighted by molar-refractivity contribution is 0.101. The van der Waals surface area contributed by atoms with Crippen LogP contribution in [-0.2, 0) is 0 Å². The van der Waals surface area contributed by atoms with Gasteiger partial charge in [0.15, 0.2) is 5.78 Å². The van der Waals surface area contributed by atoms with E-state index in [1.54, 1.807) is 6.92 Å². The summed E-state index contributed by atoms with van der Waals surface area (Å²) in [7, 11) is 0. The number of rotatable bonds is 4. The molecule has 1 heterocycles. The van der Waals surface area contributed by atoms with E-state index >= 15 is 0 Å². The van der Waals surface area contributed by atoms with Gasteiger partial charge in [0, 0.05) is 23.7 Å². The molecule has 3 heteroatoms. The Labute approximate surface area is 165 Å². The molecule has 28 heavy (non-hydrogen) atoms. The van der Waals surface area contributed by atoms with Crippen molar-refractivity contribution >= 4 is 5.78 Å². The normalized spacial score (nSPS) is 10.8. The molecule has 0 spiro atoms. The van der Waals surface area contributed by atoms with Gasteiger partial charge in [0.25, 0.3) is 0 Å². The standard InChI is InChI=1S/C25H22N2O/c1-17-14-15-21(16-18(17)2)23-24(19(3)28)27(22-12-8-5-9-13-22)25(26-23)20-10-6-4-7-11-20/h4-16H,1-3H3. The third-order valence-corrected chi connectivity index (χ3v) is 5.04. The Morgan fingerprint density at radius 2 is 1.43 bits per heavy atom. The first kappa shape index (κ1) is 17.9. The lowest BCUT2D eigenvalue weighted by Gasteiger charge is -2.11. The lowest BCUT2D eigenvalue weighted by atomic mass is 10.0. The molecule has 0 radical (unpaired) electrons. The Balaban J connectivity index is 2.06. The number of nitrogens with zero attached hydrogens (tertiary/aromatic N) is 2. The van der Waals surface area contributed by atoms with E-state index in [0.29, 0.717) is 5.69 Å². The number of para-hydroxylation sites is 1. The minimum absolute atomic E-state index is 0.00763. The zero-order valence-corrected chi connectivity index (χ0v) is 16.3. The highest BCUT2D eigenvalue weighted by Gasteiger charge is 2.23. The highest BCUT2D eigenvalue weighted by molar-refractivity contribution is 6.00. The molecule has 138 valence electrons. The predicted octanol–water partition coefficient (Wildman–Crippen LogP) is 6.03. The summed E-state index contributed by atoms with van der Waals surface area (Å²) in [5, 5.41) is 0. The fraction of sp³-hybridized carbons (Fsp3) is 0.120. The van der Waals surface area contributed by atoms with Gasteiger partial charge in [-0.15, -0.1) is 0 Å². The highest BCUT2D eigenvalue weighted by atomic mass is 16.1. The van der Waals surface area contributed by atoms with Crippen LogP contribution in [0.15, 0.2) is 78.9 Å². The van der Waals surface area contributed by atoms with Crippen molar-refractivity contribution in [2.24, 2.45) is 0 Å². The molecule has 4 rings (SSSR count). The predicted molar refractivity (Wildman–Crippen MR) is 114 cm³/mol. The van der Waals surface area contributed by atoms with Crippen molar-refractivity contribution in [1.29, 1.82) is 0 Å². The van der Waals surface area contributed by atoms with Gasteiger partial charge in [-0.05, 0) is 43.2 Å². The summed E-state index contributed by atoms with van der Waals surface area (Å²) in [6, 6.07) is 26.2. The molecule has 0 atom stereocenters. The van der Waals surface area contributed by atoms with E-state index in [-0.39, 0.29) is 5.78 Å². The van der Waals surface area contributed by atoms with E-state index in [9.17, 15) is 4.79 Å². The van der Waals surface area contributed by atoms with Gasteiger partial charge in [-0.1, -0.05) is 60.7 Å². The van der Waals surface area contributed by atoms with Crippen molar-refractivity contribution in [2.45, 2.75) is 20.8 Å². The molecule has 0 unspecified atom stereocenters. The Morgan fingerprint density at radius 3 is 2.04 bits per heavy atom. The average Bonchev–Trinajstić information content (AvgIpc) is 3.12. The van der Waals surface area contributed by atoms with Crippen LogP contribution in [0.3, 0.4) is 0 Å². The van der Waals surface area contributed by atoms with E-state index in [0.717, 1.165) is 28.3 Å². The first-order valence-electron chi connectivity index (χ1n) is 9.38. The van der Waals surface area contributed by atoms with Crippen LogP contribution in [0.1, 0.15) is 28.5 Å². The molecule has 3 aromatic carbocycles. The van der Waals surface area contributed by atoms with Crippen LogP contribution < -0.4 is 0 Å². The molecular formula is C25H22N2O. The number of hydrogen-bond acceptors (Lipinski definition) is 2. The molecule has 0 saturated heterocycles. The van der Waals surface area contributed by atoms with Crippen molar-refractivity contribution in [2.75, 3.05) is 0 Å². The van der Waals surface area contributed by atoms with Crippen molar-refractivity contribution in [3.63, 3.8) is 0 Å². The number of ketones is 1. The number of benzene rings is 3. The number of aromatic nitrogens is 2. The average molecular weight is 366 g/mol. The Kier molecular flexibility index (Phi) is 4.66. The highest BCUT2D eigenvalue weighted by Crippen LogP contribution is 2.33. The van der Waals surface area contributed by atoms with Crippen LogP contribution in [0.5, 0.6) is 0 Å². The fourth-order valence-electron chi connectivity index (χ4n) is 3.44. The topological polar surface area (TPSA) is 34.9 Å². The van der Waals surface area contributed by atoms with Gasteiger partial charge in [-0.3, -0.25) is 9.36 Å². The SMILES string of the molecule is CC(=O)c1c(-c2ccc(C)c(C)c2)nc(-c2ccccc2)n1-c1ccccc1. The quantitative estimate of drug-likeness (QED) is 0.414. The molecule has 1 aromatic heterocycles. The van der Waals surface area contributed by atoms with Crippen LogP contribution >= 0.6 is 0 Å². The summed E-state index contributed by atoms with van der Waals surface area (Å²) < 4.78 is 1.97. The van der Waals surface area contributed by atoms with E-state index in [1.165, 1.54) is 11.1 Å². The van der Waals surface area contributed by atoms with Crippen LogP contribution in [0, 0.1) is 13.8 Å². The van der Waals surface area contributed by atoms with Gasteiger partial charge in [-0.25, -0.2) is 4.98 Å². The lowest BCUT2D eigenvalue weighted by Crippen LogP contribution is -2.07. The zero-order valence-electron chi connectivity index (χ0n) is 16.3. The van der Waals surface area contributed by atoms with E-state index in [4.69, 9.17) is 4.98 Å². The third-order valence-electron chi connectivity index (χ3n) is 5.04. The number of carbonyl (C=O) groups is 1. The molecule has 0 saturated carbocycles. The zero-order chi connectivity index (χ0) is 19.7. The summed E-state index contributed by atoms with van der Waals surface area (Å²) in [6.45, 7) is 5.78. The summed E-state index contributed by atoms with van der Waals surface area (Å²) in [5.74, 6) is 0.761. The van der Waals surface area contributed by atoms with Crippen LogP contribution in [0.2, 0.25) is 0 Å². The van der Waals surface area contributed by atoms with E-state index in [2.05, 4.69) is 26.0 Å². The maximum atomic E-state index is 12.8. The van der Waals surface area contributed by atoms with Gasteiger partial charge < -0.3 is 0 Å². The Morgan fingerprint density at radius 1 is 0.786 bits per heavy atom. The number of Topliss-reactive ketones (excluding diaryl/α,β-unsaturated/α-hetero) is 1. The van der Waals surface area contributed by atoms with E-state index < -0.39 is 0 Å². The molecule has 0 aliphatic carbocycles. The first-order chi connectivity index (χ1) is 13.6. The minimum Gasteiger partial charge on any atom is -0.293 e. The molecule has 4 aromatic rings. The fourth-order valence-corrected chi connectivity index (χ4v) is 3.44. The van der Waals surface area contributed by atoms with Gasteiger partial charge >= 0.3 is 0 Å². The monoisotopic (exact) mass is 366 g/mol. The number of imidazole rings is 1. The molecule has 0 amide bonds. The summed E-state index contributed by atoms with van der Waals surface area (Å²) in [4.78, 5) is 17.7. The van der Waals surface area contributed by atoms with Gasteiger partial charge in [0.2, 0.25) is 0 Å². The summed E-state index contributed by atoms with van der Waals surface area (Å²) in [6.07, 6.45) is 0. The second kappa shape index (κ2) is 7.28. The summed E-state index contributed by atoms with van der Waals surface area (Å²) in [5.41, 5.74) is 6.59. The van der Waals surface area contributed by atoms with Crippen molar-refractivity contribution in [3.8, 4) is 28.3 Å². The van der Waals surface area contributed by atoms with Crippen LogP contribution in [-0.4, -0.2) is 15.3 Å². The molecule has 0 N–H and O–H groups in total. The van der Waals surface area contributed by atoms with Gasteiger partial charge in [0.1, 0.15) is 17.2 Å². The smallest absolute Gasteiger partial charge is 0.178 e. The summed E-state index contributed by atoms with van der Waals surface area (Å²) >= 11 is 0. The minimum atomic E-state index is -0.00763. The Bertz CT molecular complexity index is 1140. The first-order valence-corrected chi connectivity index (χ1v) is 9.38. The van der Waals surface area contributed by atoms with Crippen LogP contribution in [0.25, 0.3) is 28.3 Å². The molecule has 0 bridgehead atoms. The van der Waals surface area contributed by atoms with Crippen LogP contribution in [0.4, 0.5) is 0 Å². The second-order valence-electron chi connectivity index (χ2n) is 7.02. The molecule has 0 fully saturated rings. The van der Waals surface area contributed by atoms with Gasteiger partial charge in [-0.2, -0.15) is 0 Å².